The first kappa shape index (κ1) is 9.53. The van der Waals surface area contributed by atoms with Crippen LogP contribution in [0.2, 0.25) is 0 Å². The molecule has 0 unspecified atom stereocenters. The summed E-state index contributed by atoms with van der Waals surface area (Å²) in [5, 5.41) is 3.39. The van der Waals surface area contributed by atoms with Crippen molar-refractivity contribution in [2.75, 3.05) is 20.2 Å². The lowest BCUT2D eigenvalue weighted by molar-refractivity contribution is 0.414. The molecule has 1 heterocycles. The van der Waals surface area contributed by atoms with E-state index in [2.05, 4.69) is 17.4 Å². The molecule has 1 fully saturated rings. The Balaban J connectivity index is 1.95. The number of hydrogen-bond acceptors (Lipinski definition) is 2. The summed E-state index contributed by atoms with van der Waals surface area (Å²) in [6, 6.07) is 8.41. The van der Waals surface area contributed by atoms with Crippen molar-refractivity contribution in [2.24, 2.45) is 5.92 Å². The summed E-state index contributed by atoms with van der Waals surface area (Å²) in [6.07, 6.45) is 2.50. The first-order valence-electron chi connectivity index (χ1n) is 5.22. The Kier molecular flexibility index (Phi) is 3.04. The average molecular weight is 191 g/mol. The van der Waals surface area contributed by atoms with E-state index in [1.165, 1.54) is 31.5 Å². The van der Waals surface area contributed by atoms with Gasteiger partial charge in [-0.1, -0.05) is 12.1 Å². The second-order valence-electron chi connectivity index (χ2n) is 3.91. The highest BCUT2D eigenvalue weighted by Crippen LogP contribution is 2.17. The van der Waals surface area contributed by atoms with Gasteiger partial charge in [-0.25, -0.2) is 0 Å². The first-order valence-corrected chi connectivity index (χ1v) is 5.22. The second-order valence-corrected chi connectivity index (χ2v) is 3.91. The van der Waals surface area contributed by atoms with E-state index < -0.39 is 0 Å². The van der Waals surface area contributed by atoms with Crippen LogP contribution in [0, 0.1) is 5.92 Å². The molecule has 0 radical (unpaired) electrons. The molecule has 76 valence electrons. The van der Waals surface area contributed by atoms with Crippen LogP contribution in [0.1, 0.15) is 12.0 Å². The molecule has 2 rings (SSSR count). The highest BCUT2D eigenvalue weighted by atomic mass is 16.5. The van der Waals surface area contributed by atoms with Gasteiger partial charge in [-0.3, -0.25) is 0 Å². The zero-order valence-corrected chi connectivity index (χ0v) is 8.62. The SMILES string of the molecule is COc1ccc(C[C@@H]2CCNC2)cc1. The van der Waals surface area contributed by atoms with E-state index in [-0.39, 0.29) is 0 Å². The molecular weight excluding hydrogens is 174 g/mol. The molecule has 1 aromatic rings. The molecule has 14 heavy (non-hydrogen) atoms. The molecule has 1 aliphatic rings. The van der Waals surface area contributed by atoms with E-state index >= 15 is 0 Å². The van der Waals surface area contributed by atoms with Crippen LogP contribution >= 0.6 is 0 Å². The van der Waals surface area contributed by atoms with Gasteiger partial charge in [0.25, 0.3) is 0 Å². The van der Waals surface area contributed by atoms with Crippen molar-refractivity contribution in [1.29, 1.82) is 0 Å². The zero-order valence-electron chi connectivity index (χ0n) is 8.62. The predicted molar refractivity (Wildman–Crippen MR) is 57.7 cm³/mol. The van der Waals surface area contributed by atoms with Gasteiger partial charge >= 0.3 is 0 Å². The van der Waals surface area contributed by atoms with Crippen molar-refractivity contribution in [1.82, 2.24) is 5.32 Å². The minimum absolute atomic E-state index is 0.823. The molecule has 0 amide bonds. The van der Waals surface area contributed by atoms with Gasteiger partial charge in [0, 0.05) is 0 Å². The Hall–Kier alpha value is -1.02. The van der Waals surface area contributed by atoms with Crippen molar-refractivity contribution >= 4 is 0 Å². The van der Waals surface area contributed by atoms with Crippen LogP contribution in [-0.2, 0) is 6.42 Å². The first-order chi connectivity index (χ1) is 6.88. The highest BCUT2D eigenvalue weighted by molar-refractivity contribution is 5.27. The van der Waals surface area contributed by atoms with E-state index in [9.17, 15) is 0 Å². The summed E-state index contributed by atoms with van der Waals surface area (Å²) in [6.45, 7) is 2.35. The van der Waals surface area contributed by atoms with Crippen molar-refractivity contribution in [3.8, 4) is 5.75 Å². The normalized spacial score (nSPS) is 21.1. The molecule has 1 atom stereocenters. The third-order valence-electron chi connectivity index (χ3n) is 2.85. The molecule has 1 aromatic carbocycles. The second kappa shape index (κ2) is 4.47. The summed E-state index contributed by atoms with van der Waals surface area (Å²) in [5.74, 6) is 1.77. The fourth-order valence-corrected chi connectivity index (χ4v) is 1.98. The van der Waals surface area contributed by atoms with Gasteiger partial charge in [0.15, 0.2) is 0 Å². The third kappa shape index (κ3) is 2.26. The molecular formula is C12H17NO. The lowest BCUT2D eigenvalue weighted by atomic mass is 9.99. The number of rotatable bonds is 3. The number of hydrogen-bond donors (Lipinski definition) is 1. The van der Waals surface area contributed by atoms with Gasteiger partial charge in [0.1, 0.15) is 5.75 Å². The summed E-state index contributed by atoms with van der Waals surface area (Å²) in [4.78, 5) is 0. The van der Waals surface area contributed by atoms with E-state index in [0.717, 1.165) is 11.7 Å². The Morgan fingerprint density at radius 2 is 2.14 bits per heavy atom. The van der Waals surface area contributed by atoms with Crippen LogP contribution in [0.25, 0.3) is 0 Å². The Labute approximate surface area is 85.3 Å². The summed E-state index contributed by atoms with van der Waals surface area (Å²) >= 11 is 0. The molecule has 0 aliphatic carbocycles. The zero-order chi connectivity index (χ0) is 9.80. The van der Waals surface area contributed by atoms with Gasteiger partial charge in [0.05, 0.1) is 7.11 Å². The van der Waals surface area contributed by atoms with Crippen molar-refractivity contribution in [2.45, 2.75) is 12.8 Å². The van der Waals surface area contributed by atoms with E-state index in [4.69, 9.17) is 4.74 Å². The summed E-state index contributed by atoms with van der Waals surface area (Å²) < 4.78 is 5.13. The number of ether oxygens (including phenoxy) is 1. The lowest BCUT2D eigenvalue weighted by Gasteiger charge is -2.08. The van der Waals surface area contributed by atoms with Gasteiger partial charge in [-0.15, -0.1) is 0 Å². The fourth-order valence-electron chi connectivity index (χ4n) is 1.98. The van der Waals surface area contributed by atoms with Gasteiger partial charge in [-0.05, 0) is 49.5 Å². The van der Waals surface area contributed by atoms with Gasteiger partial charge < -0.3 is 10.1 Å². The maximum atomic E-state index is 5.13. The molecule has 1 N–H and O–H groups in total. The quantitative estimate of drug-likeness (QED) is 0.787. The molecule has 2 nitrogen and oxygen atoms in total. The summed E-state index contributed by atoms with van der Waals surface area (Å²) in [5.41, 5.74) is 1.42. The Bertz CT molecular complexity index is 275. The van der Waals surface area contributed by atoms with Crippen molar-refractivity contribution in [3.63, 3.8) is 0 Å². The highest BCUT2D eigenvalue weighted by Gasteiger charge is 2.14. The standard InChI is InChI=1S/C12H17NO/c1-14-12-4-2-10(3-5-12)8-11-6-7-13-9-11/h2-5,11,13H,6-9H2,1H3/t11-/m0/s1. The van der Waals surface area contributed by atoms with Crippen LogP contribution in [0.5, 0.6) is 5.75 Å². The van der Waals surface area contributed by atoms with Crippen LogP contribution in [0.3, 0.4) is 0 Å². The predicted octanol–water partition coefficient (Wildman–Crippen LogP) is 1.85. The minimum Gasteiger partial charge on any atom is -0.497 e. The maximum Gasteiger partial charge on any atom is 0.118 e. The molecule has 0 spiro atoms. The monoisotopic (exact) mass is 191 g/mol. The Morgan fingerprint density at radius 1 is 1.36 bits per heavy atom. The molecule has 0 saturated carbocycles. The maximum absolute atomic E-state index is 5.13. The molecule has 1 aliphatic heterocycles. The third-order valence-corrected chi connectivity index (χ3v) is 2.85. The van der Waals surface area contributed by atoms with Gasteiger partial charge in [0.2, 0.25) is 0 Å². The smallest absolute Gasteiger partial charge is 0.118 e. The van der Waals surface area contributed by atoms with Crippen molar-refractivity contribution < 1.29 is 4.74 Å². The topological polar surface area (TPSA) is 21.3 Å². The molecule has 1 saturated heterocycles. The number of methoxy groups -OCH3 is 1. The van der Waals surface area contributed by atoms with E-state index in [1.54, 1.807) is 7.11 Å². The number of nitrogens with one attached hydrogen (secondary N) is 1. The molecule has 2 heteroatoms. The van der Waals surface area contributed by atoms with E-state index in [1.807, 2.05) is 12.1 Å². The largest absolute Gasteiger partial charge is 0.497 e. The van der Waals surface area contributed by atoms with Crippen LogP contribution in [0.15, 0.2) is 24.3 Å². The summed E-state index contributed by atoms with van der Waals surface area (Å²) in [7, 11) is 1.70. The van der Waals surface area contributed by atoms with Crippen LogP contribution in [0.4, 0.5) is 0 Å². The average Bonchev–Trinajstić information content (AvgIpc) is 2.72. The van der Waals surface area contributed by atoms with Gasteiger partial charge in [-0.2, -0.15) is 0 Å². The van der Waals surface area contributed by atoms with E-state index in [0.29, 0.717) is 0 Å². The van der Waals surface area contributed by atoms with Crippen LogP contribution in [-0.4, -0.2) is 20.2 Å². The molecule has 0 aromatic heterocycles. The van der Waals surface area contributed by atoms with Crippen molar-refractivity contribution in [3.05, 3.63) is 29.8 Å². The lowest BCUT2D eigenvalue weighted by Crippen LogP contribution is -2.10. The number of benzene rings is 1. The fraction of sp³-hybridized carbons (Fsp3) is 0.500. The van der Waals surface area contributed by atoms with Crippen LogP contribution < -0.4 is 10.1 Å². The Morgan fingerprint density at radius 3 is 2.71 bits per heavy atom. The molecule has 0 bridgehead atoms. The minimum atomic E-state index is 0.823.